The van der Waals surface area contributed by atoms with Crippen molar-refractivity contribution < 1.29 is 9.53 Å². The van der Waals surface area contributed by atoms with Crippen LogP contribution in [0.1, 0.15) is 26.2 Å². The van der Waals surface area contributed by atoms with Gasteiger partial charge in [-0.1, -0.05) is 0 Å². The molecular weight excluding hydrogens is 166 g/mol. The van der Waals surface area contributed by atoms with E-state index in [0.717, 1.165) is 50.3 Å². The van der Waals surface area contributed by atoms with E-state index in [4.69, 9.17) is 4.74 Å². The maximum atomic E-state index is 11.8. The van der Waals surface area contributed by atoms with E-state index in [0.29, 0.717) is 0 Å². The largest absolute Gasteiger partial charge is 0.498 e. The SMILES string of the molecule is CC1=C(C(=O)N2CCC2)CCCO1. The molecule has 2 aliphatic rings. The maximum absolute atomic E-state index is 11.8. The molecule has 2 aliphatic heterocycles. The Morgan fingerprint density at radius 1 is 1.38 bits per heavy atom. The van der Waals surface area contributed by atoms with Gasteiger partial charge in [-0.2, -0.15) is 0 Å². The van der Waals surface area contributed by atoms with Crippen LogP contribution < -0.4 is 0 Å². The molecule has 0 unspecified atom stereocenters. The van der Waals surface area contributed by atoms with Crippen molar-refractivity contribution in [2.24, 2.45) is 0 Å². The van der Waals surface area contributed by atoms with Crippen molar-refractivity contribution in [2.45, 2.75) is 26.2 Å². The number of ether oxygens (including phenoxy) is 1. The lowest BCUT2D eigenvalue weighted by atomic mass is 10.0. The molecule has 0 aromatic carbocycles. The summed E-state index contributed by atoms with van der Waals surface area (Å²) in [7, 11) is 0. The van der Waals surface area contributed by atoms with E-state index in [9.17, 15) is 4.79 Å². The predicted octanol–water partition coefficient (Wildman–Crippen LogP) is 1.30. The minimum absolute atomic E-state index is 0.198. The third-order valence-electron chi connectivity index (χ3n) is 2.72. The first kappa shape index (κ1) is 8.60. The number of amides is 1. The normalized spacial score (nSPS) is 22.4. The van der Waals surface area contributed by atoms with Gasteiger partial charge >= 0.3 is 0 Å². The highest BCUT2D eigenvalue weighted by Crippen LogP contribution is 2.22. The van der Waals surface area contributed by atoms with Crippen molar-refractivity contribution in [1.82, 2.24) is 4.90 Å². The van der Waals surface area contributed by atoms with Gasteiger partial charge in [0.15, 0.2) is 0 Å². The highest BCUT2D eigenvalue weighted by atomic mass is 16.5. The second kappa shape index (κ2) is 3.40. The van der Waals surface area contributed by atoms with E-state index >= 15 is 0 Å². The number of hydrogen-bond acceptors (Lipinski definition) is 2. The monoisotopic (exact) mass is 181 g/mol. The molecule has 1 saturated heterocycles. The standard InChI is InChI=1S/C10H15NO2/c1-8-9(4-2-7-13-8)10(12)11-5-3-6-11/h2-7H2,1H3. The fourth-order valence-corrected chi connectivity index (χ4v) is 1.71. The molecular formula is C10H15NO2. The van der Waals surface area contributed by atoms with Crippen molar-refractivity contribution in [3.05, 3.63) is 11.3 Å². The predicted molar refractivity (Wildman–Crippen MR) is 49.1 cm³/mol. The lowest BCUT2D eigenvalue weighted by molar-refractivity contribution is -0.131. The first-order chi connectivity index (χ1) is 6.29. The zero-order valence-corrected chi connectivity index (χ0v) is 8.01. The Hall–Kier alpha value is -0.990. The van der Waals surface area contributed by atoms with Crippen LogP contribution in [-0.2, 0) is 9.53 Å². The van der Waals surface area contributed by atoms with Crippen LogP contribution in [0, 0.1) is 0 Å². The molecule has 2 rings (SSSR count). The van der Waals surface area contributed by atoms with Crippen molar-refractivity contribution >= 4 is 5.91 Å². The molecule has 72 valence electrons. The van der Waals surface area contributed by atoms with Crippen LogP contribution in [0.5, 0.6) is 0 Å². The summed E-state index contributed by atoms with van der Waals surface area (Å²) in [6.07, 6.45) is 3.02. The molecule has 0 aromatic heterocycles. The first-order valence-corrected chi connectivity index (χ1v) is 4.91. The molecule has 1 amide bonds. The van der Waals surface area contributed by atoms with Gasteiger partial charge in [0.05, 0.1) is 12.2 Å². The summed E-state index contributed by atoms with van der Waals surface area (Å²) in [5.41, 5.74) is 0.894. The Balaban J connectivity index is 2.08. The van der Waals surface area contributed by atoms with Crippen LogP contribution in [-0.4, -0.2) is 30.5 Å². The molecule has 0 saturated carbocycles. The molecule has 0 aromatic rings. The zero-order valence-electron chi connectivity index (χ0n) is 8.01. The Morgan fingerprint density at radius 2 is 2.15 bits per heavy atom. The summed E-state index contributed by atoms with van der Waals surface area (Å²) in [5.74, 6) is 1.03. The van der Waals surface area contributed by atoms with Gasteiger partial charge < -0.3 is 9.64 Å². The molecule has 2 heterocycles. The van der Waals surface area contributed by atoms with Gasteiger partial charge in [-0.3, -0.25) is 4.79 Å². The first-order valence-electron chi connectivity index (χ1n) is 4.91. The smallest absolute Gasteiger partial charge is 0.253 e. The van der Waals surface area contributed by atoms with E-state index in [1.807, 2.05) is 11.8 Å². The van der Waals surface area contributed by atoms with Gasteiger partial charge in [-0.05, 0) is 26.2 Å². The summed E-state index contributed by atoms with van der Waals surface area (Å²) >= 11 is 0. The van der Waals surface area contributed by atoms with Crippen LogP contribution in [0.4, 0.5) is 0 Å². The van der Waals surface area contributed by atoms with Gasteiger partial charge in [0.2, 0.25) is 0 Å². The van der Waals surface area contributed by atoms with Crippen molar-refractivity contribution in [3.8, 4) is 0 Å². The number of carbonyl (C=O) groups excluding carboxylic acids is 1. The third-order valence-corrected chi connectivity index (χ3v) is 2.72. The fraction of sp³-hybridized carbons (Fsp3) is 0.700. The summed E-state index contributed by atoms with van der Waals surface area (Å²) < 4.78 is 5.36. The van der Waals surface area contributed by atoms with Crippen LogP contribution >= 0.6 is 0 Å². The highest BCUT2D eigenvalue weighted by Gasteiger charge is 2.26. The molecule has 1 fully saturated rings. The maximum Gasteiger partial charge on any atom is 0.253 e. The number of nitrogens with zero attached hydrogens (tertiary/aromatic N) is 1. The quantitative estimate of drug-likeness (QED) is 0.610. The molecule has 0 N–H and O–H groups in total. The fourth-order valence-electron chi connectivity index (χ4n) is 1.71. The minimum atomic E-state index is 0.198. The van der Waals surface area contributed by atoms with E-state index in [1.165, 1.54) is 0 Å². The Labute approximate surface area is 78.4 Å². The van der Waals surface area contributed by atoms with Crippen molar-refractivity contribution in [1.29, 1.82) is 0 Å². The van der Waals surface area contributed by atoms with Crippen molar-refractivity contribution in [3.63, 3.8) is 0 Å². The number of hydrogen-bond donors (Lipinski definition) is 0. The second-order valence-electron chi connectivity index (χ2n) is 3.63. The molecule has 13 heavy (non-hydrogen) atoms. The van der Waals surface area contributed by atoms with Gasteiger partial charge in [-0.25, -0.2) is 0 Å². The van der Waals surface area contributed by atoms with Gasteiger partial charge in [0, 0.05) is 13.1 Å². The molecule has 3 heteroatoms. The van der Waals surface area contributed by atoms with E-state index < -0.39 is 0 Å². The van der Waals surface area contributed by atoms with Crippen LogP contribution in [0.3, 0.4) is 0 Å². The van der Waals surface area contributed by atoms with Crippen LogP contribution in [0.25, 0.3) is 0 Å². The third kappa shape index (κ3) is 1.55. The molecule has 0 spiro atoms. The van der Waals surface area contributed by atoms with Crippen LogP contribution in [0.15, 0.2) is 11.3 Å². The number of allylic oxidation sites excluding steroid dienone is 1. The number of rotatable bonds is 1. The molecule has 0 radical (unpaired) electrons. The lowest BCUT2D eigenvalue weighted by Crippen LogP contribution is -2.43. The topological polar surface area (TPSA) is 29.5 Å². The van der Waals surface area contributed by atoms with Crippen molar-refractivity contribution in [2.75, 3.05) is 19.7 Å². The van der Waals surface area contributed by atoms with E-state index in [1.54, 1.807) is 0 Å². The Kier molecular flexibility index (Phi) is 2.25. The van der Waals surface area contributed by atoms with Gasteiger partial charge in [-0.15, -0.1) is 0 Å². The summed E-state index contributed by atoms with van der Waals surface area (Å²) in [4.78, 5) is 13.7. The van der Waals surface area contributed by atoms with Crippen LogP contribution in [0.2, 0.25) is 0 Å². The minimum Gasteiger partial charge on any atom is -0.498 e. The highest BCUT2D eigenvalue weighted by molar-refractivity contribution is 5.94. The molecule has 0 atom stereocenters. The summed E-state index contributed by atoms with van der Waals surface area (Å²) in [5, 5.41) is 0. The summed E-state index contributed by atoms with van der Waals surface area (Å²) in [6, 6.07) is 0. The average Bonchev–Trinajstić information content (AvgIpc) is 2.01. The Bertz CT molecular complexity index is 254. The van der Waals surface area contributed by atoms with Gasteiger partial charge in [0.1, 0.15) is 5.76 Å². The summed E-state index contributed by atoms with van der Waals surface area (Å²) in [6.45, 7) is 4.51. The lowest BCUT2D eigenvalue weighted by Gasteiger charge is -2.33. The van der Waals surface area contributed by atoms with E-state index in [-0.39, 0.29) is 5.91 Å². The molecule has 3 nitrogen and oxygen atoms in total. The number of carbonyl (C=O) groups is 1. The van der Waals surface area contributed by atoms with Gasteiger partial charge in [0.25, 0.3) is 5.91 Å². The molecule has 0 bridgehead atoms. The number of likely N-dealkylation sites (tertiary alicyclic amines) is 1. The zero-order chi connectivity index (χ0) is 9.26. The van der Waals surface area contributed by atoms with E-state index in [2.05, 4.69) is 0 Å². The average molecular weight is 181 g/mol. The second-order valence-corrected chi connectivity index (χ2v) is 3.63. The Morgan fingerprint density at radius 3 is 2.69 bits per heavy atom. The molecule has 0 aliphatic carbocycles.